The lowest BCUT2D eigenvalue weighted by Gasteiger charge is -2.32. The predicted molar refractivity (Wildman–Crippen MR) is 146 cm³/mol. The molecular weight excluding hydrogens is 464 g/mol. The molecule has 3 aromatic rings. The van der Waals surface area contributed by atoms with Gasteiger partial charge in [-0.1, -0.05) is 31.2 Å². The van der Waals surface area contributed by atoms with Gasteiger partial charge in [-0.05, 0) is 88.3 Å². The van der Waals surface area contributed by atoms with Crippen LogP contribution in [0.2, 0.25) is 0 Å². The normalized spacial score (nSPS) is 17.8. The van der Waals surface area contributed by atoms with E-state index in [0.717, 1.165) is 42.6 Å². The largest absolute Gasteiger partial charge is 0.462 e. The molecule has 0 radical (unpaired) electrons. The topological polar surface area (TPSA) is 77.3 Å². The summed E-state index contributed by atoms with van der Waals surface area (Å²) in [6, 6.07) is 13.5. The van der Waals surface area contributed by atoms with Crippen LogP contribution in [0, 0.1) is 11.8 Å². The number of amides is 1. The van der Waals surface area contributed by atoms with Crippen molar-refractivity contribution < 1.29 is 14.3 Å². The Morgan fingerprint density at radius 3 is 2.43 bits per heavy atom. The van der Waals surface area contributed by atoms with E-state index < -0.39 is 5.97 Å². The van der Waals surface area contributed by atoms with E-state index in [0.29, 0.717) is 17.3 Å². The van der Waals surface area contributed by atoms with Crippen LogP contribution in [0.5, 0.6) is 0 Å². The molecule has 1 aromatic carbocycles. The highest BCUT2D eigenvalue weighted by Crippen LogP contribution is 2.33. The van der Waals surface area contributed by atoms with Crippen LogP contribution in [-0.2, 0) is 9.53 Å². The van der Waals surface area contributed by atoms with Crippen molar-refractivity contribution in [2.75, 3.05) is 11.5 Å². The summed E-state index contributed by atoms with van der Waals surface area (Å²) in [7, 11) is 0. The van der Waals surface area contributed by atoms with Crippen molar-refractivity contribution in [2.45, 2.75) is 59.4 Å². The molecule has 1 aliphatic carbocycles. The Labute approximate surface area is 219 Å². The van der Waals surface area contributed by atoms with Gasteiger partial charge in [0.2, 0.25) is 5.91 Å². The van der Waals surface area contributed by atoms with E-state index in [2.05, 4.69) is 11.9 Å². The fourth-order valence-corrected chi connectivity index (χ4v) is 4.73. The second-order valence-corrected chi connectivity index (χ2v) is 9.97. The molecule has 37 heavy (non-hydrogen) atoms. The maximum atomic E-state index is 13.7. The number of benzene rings is 1. The molecule has 0 atom stereocenters. The van der Waals surface area contributed by atoms with Gasteiger partial charge in [-0.3, -0.25) is 14.7 Å². The van der Waals surface area contributed by atoms with Crippen molar-refractivity contribution in [2.24, 2.45) is 11.8 Å². The van der Waals surface area contributed by atoms with Gasteiger partial charge in [0.25, 0.3) is 0 Å². The summed E-state index contributed by atoms with van der Waals surface area (Å²) >= 11 is 0. The summed E-state index contributed by atoms with van der Waals surface area (Å²) in [5.74, 6) is 0.509. The number of ether oxygens (including phenoxy) is 1. The number of aromatic nitrogens is 3. The molecule has 194 valence electrons. The number of hydrogen-bond acceptors (Lipinski definition) is 5. The minimum atomic E-state index is -0.477. The van der Waals surface area contributed by atoms with Crippen molar-refractivity contribution in [1.29, 1.82) is 0 Å². The Hall–Kier alpha value is -3.74. The number of nitrogens with zero attached hydrogens (tertiary/aromatic N) is 4. The highest BCUT2D eigenvalue weighted by molar-refractivity contribution is 6.02. The number of carbonyl (C=O) groups is 2. The Morgan fingerprint density at radius 1 is 1.08 bits per heavy atom. The van der Waals surface area contributed by atoms with Crippen LogP contribution in [0.1, 0.15) is 75.0 Å². The van der Waals surface area contributed by atoms with E-state index in [1.54, 1.807) is 28.9 Å². The van der Waals surface area contributed by atoms with Crippen molar-refractivity contribution in [3.63, 3.8) is 0 Å². The third-order valence-corrected chi connectivity index (χ3v) is 6.83. The van der Waals surface area contributed by atoms with Crippen LogP contribution in [0.3, 0.4) is 0 Å². The van der Waals surface area contributed by atoms with Crippen LogP contribution in [-0.4, -0.2) is 39.3 Å². The summed E-state index contributed by atoms with van der Waals surface area (Å²) in [6.07, 6.45) is 11.2. The summed E-state index contributed by atoms with van der Waals surface area (Å²) in [5.41, 5.74) is 2.98. The van der Waals surface area contributed by atoms with Crippen LogP contribution in [0.4, 0.5) is 5.82 Å². The fourth-order valence-electron chi connectivity index (χ4n) is 4.73. The zero-order valence-corrected chi connectivity index (χ0v) is 22.1. The minimum absolute atomic E-state index is 0.0349. The van der Waals surface area contributed by atoms with E-state index >= 15 is 0 Å². The van der Waals surface area contributed by atoms with Gasteiger partial charge in [0.1, 0.15) is 5.56 Å². The maximum absolute atomic E-state index is 13.7. The van der Waals surface area contributed by atoms with E-state index in [1.165, 1.54) is 0 Å². The SMILES string of the molecule is CCOC(=O)c1cn(-c2ccc(C=Cc3ccccn3)cc2)nc1N(C(=O)[C@H]1CC[C@H](C)CC1)C(C)C. The number of carbonyl (C=O) groups excluding carboxylic acids is 2. The lowest BCUT2D eigenvalue weighted by molar-refractivity contribution is -0.124. The van der Waals surface area contributed by atoms with Crippen LogP contribution < -0.4 is 4.90 Å². The molecule has 0 N–H and O–H groups in total. The average molecular weight is 501 g/mol. The lowest BCUT2D eigenvalue weighted by Crippen LogP contribution is -2.43. The molecule has 1 aliphatic rings. The average Bonchev–Trinajstić information content (AvgIpc) is 3.33. The first-order valence-electron chi connectivity index (χ1n) is 13.2. The van der Waals surface area contributed by atoms with Gasteiger partial charge in [-0.2, -0.15) is 0 Å². The zero-order chi connectivity index (χ0) is 26.4. The first kappa shape index (κ1) is 26.3. The molecule has 0 saturated heterocycles. The Morgan fingerprint density at radius 2 is 1.81 bits per heavy atom. The number of hydrogen-bond donors (Lipinski definition) is 0. The highest BCUT2D eigenvalue weighted by atomic mass is 16.5. The Bertz CT molecular complexity index is 1220. The molecule has 2 heterocycles. The molecule has 4 rings (SSSR count). The van der Waals surface area contributed by atoms with Gasteiger partial charge >= 0.3 is 5.97 Å². The molecule has 0 aliphatic heterocycles. The van der Waals surface area contributed by atoms with Gasteiger partial charge in [0, 0.05) is 24.4 Å². The summed E-state index contributed by atoms with van der Waals surface area (Å²) in [6.45, 7) is 8.17. The van der Waals surface area contributed by atoms with Crippen LogP contribution >= 0.6 is 0 Å². The standard InChI is InChI=1S/C30H36N4O3/c1-5-37-30(36)27-20-33(26-17-12-23(13-18-26)11-16-25-8-6-7-19-31-25)32-28(27)34(21(2)3)29(35)24-14-9-22(4)10-15-24/h6-8,11-13,16-22,24H,5,9-10,14-15H2,1-4H3/t22-,24-. The fraction of sp³-hybridized carbons (Fsp3) is 0.400. The van der Waals surface area contributed by atoms with E-state index in [9.17, 15) is 9.59 Å². The van der Waals surface area contributed by atoms with Crippen molar-refractivity contribution in [3.8, 4) is 5.69 Å². The maximum Gasteiger partial charge on any atom is 0.343 e. The molecule has 1 fully saturated rings. The predicted octanol–water partition coefficient (Wildman–Crippen LogP) is 6.18. The molecule has 0 unspecified atom stereocenters. The minimum Gasteiger partial charge on any atom is -0.462 e. The molecule has 2 aromatic heterocycles. The van der Waals surface area contributed by atoms with Crippen molar-refractivity contribution in [3.05, 3.63) is 71.7 Å². The second-order valence-electron chi connectivity index (χ2n) is 9.97. The van der Waals surface area contributed by atoms with Gasteiger partial charge in [-0.25, -0.2) is 9.48 Å². The molecule has 1 saturated carbocycles. The van der Waals surface area contributed by atoms with Crippen molar-refractivity contribution >= 4 is 29.8 Å². The zero-order valence-electron chi connectivity index (χ0n) is 22.1. The van der Waals surface area contributed by atoms with Gasteiger partial charge in [-0.15, -0.1) is 5.10 Å². The van der Waals surface area contributed by atoms with Crippen LogP contribution in [0.15, 0.2) is 54.9 Å². The molecule has 7 heteroatoms. The third-order valence-electron chi connectivity index (χ3n) is 6.83. The van der Waals surface area contributed by atoms with E-state index in [4.69, 9.17) is 9.84 Å². The Kier molecular flexibility index (Phi) is 8.54. The molecule has 0 spiro atoms. The summed E-state index contributed by atoms with van der Waals surface area (Å²) < 4.78 is 6.99. The van der Waals surface area contributed by atoms with Gasteiger partial charge in [0.05, 0.1) is 18.0 Å². The quantitative estimate of drug-likeness (QED) is 0.345. The highest BCUT2D eigenvalue weighted by Gasteiger charge is 2.34. The summed E-state index contributed by atoms with van der Waals surface area (Å²) in [5, 5.41) is 4.75. The van der Waals surface area contributed by atoms with E-state index in [1.807, 2.05) is 68.5 Å². The van der Waals surface area contributed by atoms with Crippen molar-refractivity contribution in [1.82, 2.24) is 14.8 Å². The molecule has 1 amide bonds. The number of pyridine rings is 1. The first-order chi connectivity index (χ1) is 17.9. The number of esters is 1. The second kappa shape index (κ2) is 12.0. The monoisotopic (exact) mass is 500 g/mol. The smallest absolute Gasteiger partial charge is 0.343 e. The van der Waals surface area contributed by atoms with Crippen LogP contribution in [0.25, 0.3) is 17.8 Å². The Balaban J connectivity index is 1.64. The lowest BCUT2D eigenvalue weighted by atomic mass is 9.82. The van der Waals surface area contributed by atoms with Gasteiger partial charge in [0.15, 0.2) is 5.82 Å². The third kappa shape index (κ3) is 6.34. The molecular formula is C30H36N4O3. The number of rotatable bonds is 8. The van der Waals surface area contributed by atoms with E-state index in [-0.39, 0.29) is 24.5 Å². The first-order valence-corrected chi connectivity index (χ1v) is 13.2. The summed E-state index contributed by atoms with van der Waals surface area (Å²) in [4.78, 5) is 32.6. The number of anilines is 1. The molecule has 0 bridgehead atoms. The van der Waals surface area contributed by atoms with Gasteiger partial charge < -0.3 is 4.74 Å². The molecule has 7 nitrogen and oxygen atoms in total.